The van der Waals surface area contributed by atoms with Crippen LogP contribution in [-0.2, 0) is 4.79 Å². The summed E-state index contributed by atoms with van der Waals surface area (Å²) >= 11 is 0. The summed E-state index contributed by atoms with van der Waals surface area (Å²) in [5.74, 6) is -0.553. The zero-order chi connectivity index (χ0) is 13.5. The highest BCUT2D eigenvalue weighted by atomic mass is 16.5. The molecule has 1 amide bonds. The summed E-state index contributed by atoms with van der Waals surface area (Å²) in [7, 11) is 1.52. The summed E-state index contributed by atoms with van der Waals surface area (Å²) in [5.41, 5.74) is 6.01. The second kappa shape index (κ2) is 6.48. The van der Waals surface area contributed by atoms with Gasteiger partial charge in [0.2, 0.25) is 5.91 Å². The van der Waals surface area contributed by atoms with Crippen LogP contribution in [0.15, 0.2) is 29.4 Å². The molecule has 0 saturated heterocycles. The highest BCUT2D eigenvalue weighted by Crippen LogP contribution is 2.23. The lowest BCUT2D eigenvalue weighted by Crippen LogP contribution is -2.34. The van der Waals surface area contributed by atoms with Gasteiger partial charge < -0.3 is 21.0 Å². The standard InChI is InChI=1S/C12H17N3O3/c1-3-8(11(13)15-17)12(16)14-9-6-4-5-7-10(9)18-2/h4-8,17H,3H2,1-2H3,(H2,13,15)(H,14,16). The molecule has 0 saturated carbocycles. The molecule has 0 spiro atoms. The third kappa shape index (κ3) is 3.13. The molecule has 0 aliphatic carbocycles. The minimum Gasteiger partial charge on any atom is -0.495 e. The molecule has 0 fully saturated rings. The van der Waals surface area contributed by atoms with Crippen LogP contribution in [0, 0.1) is 5.92 Å². The SMILES string of the molecule is CCC(C(=O)Nc1ccccc1OC)C(N)=NO. The van der Waals surface area contributed by atoms with Crippen molar-refractivity contribution in [1.29, 1.82) is 0 Å². The first-order valence-electron chi connectivity index (χ1n) is 5.55. The number of carbonyl (C=O) groups is 1. The number of nitrogens with one attached hydrogen (secondary N) is 1. The van der Waals surface area contributed by atoms with E-state index in [-0.39, 0.29) is 11.7 Å². The maximum atomic E-state index is 12.0. The van der Waals surface area contributed by atoms with Crippen LogP contribution in [0.2, 0.25) is 0 Å². The third-order valence-corrected chi connectivity index (χ3v) is 2.56. The largest absolute Gasteiger partial charge is 0.495 e. The molecule has 98 valence electrons. The zero-order valence-corrected chi connectivity index (χ0v) is 10.4. The van der Waals surface area contributed by atoms with Gasteiger partial charge in [0.1, 0.15) is 5.75 Å². The Morgan fingerprint density at radius 2 is 2.22 bits per heavy atom. The number of nitrogens with zero attached hydrogens (tertiary/aromatic N) is 1. The van der Waals surface area contributed by atoms with E-state index in [1.807, 2.05) is 0 Å². The van der Waals surface area contributed by atoms with Gasteiger partial charge in [0.25, 0.3) is 0 Å². The van der Waals surface area contributed by atoms with E-state index < -0.39 is 5.92 Å². The van der Waals surface area contributed by atoms with Crippen molar-refractivity contribution in [2.24, 2.45) is 16.8 Å². The number of carbonyl (C=O) groups excluding carboxylic acids is 1. The number of amides is 1. The Balaban J connectivity index is 2.86. The van der Waals surface area contributed by atoms with Crippen LogP contribution in [-0.4, -0.2) is 24.1 Å². The molecule has 0 aliphatic heterocycles. The first-order chi connectivity index (χ1) is 8.63. The molecule has 6 heteroatoms. The highest BCUT2D eigenvalue weighted by Gasteiger charge is 2.22. The molecule has 1 aromatic carbocycles. The highest BCUT2D eigenvalue weighted by molar-refractivity contribution is 6.08. The van der Waals surface area contributed by atoms with Gasteiger partial charge in [0.15, 0.2) is 5.84 Å². The minimum atomic E-state index is -0.667. The first-order valence-corrected chi connectivity index (χ1v) is 5.55. The van der Waals surface area contributed by atoms with Crippen LogP contribution in [0.3, 0.4) is 0 Å². The maximum Gasteiger partial charge on any atom is 0.235 e. The zero-order valence-electron chi connectivity index (χ0n) is 10.4. The predicted octanol–water partition coefficient (Wildman–Crippen LogP) is 1.41. The lowest BCUT2D eigenvalue weighted by Gasteiger charge is -2.15. The summed E-state index contributed by atoms with van der Waals surface area (Å²) in [4.78, 5) is 12.0. The Morgan fingerprint density at radius 3 is 2.78 bits per heavy atom. The fraction of sp³-hybridized carbons (Fsp3) is 0.333. The molecule has 0 bridgehead atoms. The lowest BCUT2D eigenvalue weighted by molar-refractivity contribution is -0.118. The number of amidine groups is 1. The molecule has 4 N–H and O–H groups in total. The molecular formula is C12H17N3O3. The normalized spacial score (nSPS) is 12.9. The van der Waals surface area contributed by atoms with Crippen molar-refractivity contribution >= 4 is 17.4 Å². The van der Waals surface area contributed by atoms with Gasteiger partial charge in [0.05, 0.1) is 18.7 Å². The Hall–Kier alpha value is -2.24. The lowest BCUT2D eigenvalue weighted by atomic mass is 10.0. The molecule has 0 aliphatic rings. The number of nitrogens with two attached hydrogens (primary N) is 1. The van der Waals surface area contributed by atoms with Gasteiger partial charge in [-0.05, 0) is 18.6 Å². The van der Waals surface area contributed by atoms with Gasteiger partial charge in [0, 0.05) is 0 Å². The van der Waals surface area contributed by atoms with Crippen molar-refractivity contribution < 1.29 is 14.7 Å². The van der Waals surface area contributed by atoms with E-state index in [4.69, 9.17) is 15.7 Å². The topological polar surface area (TPSA) is 96.9 Å². The van der Waals surface area contributed by atoms with Crippen LogP contribution >= 0.6 is 0 Å². The van der Waals surface area contributed by atoms with Gasteiger partial charge in [-0.25, -0.2) is 0 Å². The van der Waals surface area contributed by atoms with Gasteiger partial charge in [-0.2, -0.15) is 0 Å². The smallest absolute Gasteiger partial charge is 0.235 e. The summed E-state index contributed by atoms with van der Waals surface area (Å²) in [6, 6.07) is 7.04. The maximum absolute atomic E-state index is 12.0. The van der Waals surface area contributed by atoms with Crippen molar-refractivity contribution in [3.8, 4) is 5.75 Å². The molecule has 0 aromatic heterocycles. The van der Waals surface area contributed by atoms with E-state index in [9.17, 15) is 4.79 Å². The Morgan fingerprint density at radius 1 is 1.56 bits per heavy atom. The average molecular weight is 251 g/mol. The van der Waals surface area contributed by atoms with Crippen molar-refractivity contribution in [3.05, 3.63) is 24.3 Å². The molecule has 6 nitrogen and oxygen atoms in total. The van der Waals surface area contributed by atoms with E-state index in [0.717, 1.165) is 0 Å². The van der Waals surface area contributed by atoms with E-state index in [2.05, 4.69) is 10.5 Å². The molecule has 0 heterocycles. The first kappa shape index (κ1) is 13.8. The van der Waals surface area contributed by atoms with Crippen LogP contribution in [0.25, 0.3) is 0 Å². The number of benzene rings is 1. The number of oxime groups is 1. The van der Waals surface area contributed by atoms with E-state index in [1.165, 1.54) is 7.11 Å². The summed E-state index contributed by atoms with van der Waals surface area (Å²) in [6.07, 6.45) is 0.441. The summed E-state index contributed by atoms with van der Waals surface area (Å²) in [5, 5.41) is 14.2. The molecule has 1 unspecified atom stereocenters. The molecule has 1 rings (SSSR count). The minimum absolute atomic E-state index is 0.107. The molecule has 18 heavy (non-hydrogen) atoms. The number of ether oxygens (including phenoxy) is 1. The van der Waals surface area contributed by atoms with E-state index in [1.54, 1.807) is 31.2 Å². The second-order valence-electron chi connectivity index (χ2n) is 3.68. The Labute approximate surface area is 105 Å². The fourth-order valence-corrected chi connectivity index (χ4v) is 1.57. The number of rotatable bonds is 5. The van der Waals surface area contributed by atoms with E-state index in [0.29, 0.717) is 17.9 Å². The summed E-state index contributed by atoms with van der Waals surface area (Å²) in [6.45, 7) is 1.78. The molecule has 1 aromatic rings. The molecule has 1 atom stereocenters. The average Bonchev–Trinajstić information content (AvgIpc) is 2.39. The monoisotopic (exact) mass is 251 g/mol. The van der Waals surface area contributed by atoms with E-state index >= 15 is 0 Å². The van der Waals surface area contributed by atoms with Crippen LogP contribution < -0.4 is 15.8 Å². The number of hydrogen-bond donors (Lipinski definition) is 3. The number of para-hydroxylation sites is 2. The Bertz CT molecular complexity index is 446. The van der Waals surface area contributed by atoms with Crippen LogP contribution in [0.1, 0.15) is 13.3 Å². The van der Waals surface area contributed by atoms with Crippen molar-refractivity contribution in [3.63, 3.8) is 0 Å². The van der Waals surface area contributed by atoms with Gasteiger partial charge in [-0.3, -0.25) is 4.79 Å². The number of hydrogen-bond acceptors (Lipinski definition) is 4. The third-order valence-electron chi connectivity index (χ3n) is 2.56. The van der Waals surface area contributed by atoms with Crippen LogP contribution in [0.4, 0.5) is 5.69 Å². The fourth-order valence-electron chi connectivity index (χ4n) is 1.57. The molecular weight excluding hydrogens is 234 g/mol. The number of methoxy groups -OCH3 is 1. The molecule has 0 radical (unpaired) electrons. The van der Waals surface area contributed by atoms with Crippen molar-refractivity contribution in [2.75, 3.05) is 12.4 Å². The van der Waals surface area contributed by atoms with Crippen molar-refractivity contribution in [2.45, 2.75) is 13.3 Å². The predicted molar refractivity (Wildman–Crippen MR) is 68.8 cm³/mol. The quantitative estimate of drug-likeness (QED) is 0.319. The van der Waals surface area contributed by atoms with Crippen LogP contribution in [0.5, 0.6) is 5.75 Å². The number of anilines is 1. The van der Waals surface area contributed by atoms with Gasteiger partial charge in [-0.15, -0.1) is 0 Å². The van der Waals surface area contributed by atoms with Crippen molar-refractivity contribution in [1.82, 2.24) is 0 Å². The Kier molecular flexibility index (Phi) is 4.98. The second-order valence-corrected chi connectivity index (χ2v) is 3.68. The van der Waals surface area contributed by atoms with Gasteiger partial charge >= 0.3 is 0 Å². The van der Waals surface area contributed by atoms with Gasteiger partial charge in [-0.1, -0.05) is 24.2 Å². The summed E-state index contributed by atoms with van der Waals surface area (Å²) < 4.78 is 5.12.